The van der Waals surface area contributed by atoms with E-state index in [0.29, 0.717) is 0 Å². The van der Waals surface area contributed by atoms with Gasteiger partial charge in [-0.3, -0.25) is 33.7 Å². The van der Waals surface area contributed by atoms with E-state index in [0.717, 1.165) is 31.7 Å². The zero-order valence-electron chi connectivity index (χ0n) is 24.1. The van der Waals surface area contributed by atoms with Crippen LogP contribution in [0.2, 0.25) is 0 Å². The summed E-state index contributed by atoms with van der Waals surface area (Å²) in [7, 11) is 4.37. The average molecular weight is 603 g/mol. The number of primary amides is 1. The smallest absolute Gasteiger partial charge is 0.241 e. The van der Waals surface area contributed by atoms with Crippen LogP contribution in [0.3, 0.4) is 0 Å². The van der Waals surface area contributed by atoms with Gasteiger partial charge in [0.05, 0.1) is 30.3 Å². The number of fused-ring (bicyclic) bond motifs is 3. The Labute approximate surface area is 246 Å². The monoisotopic (exact) mass is 602 g/mol. The van der Waals surface area contributed by atoms with Crippen LogP contribution in [0.1, 0.15) is 48.0 Å². The second-order valence-electron chi connectivity index (χ2n) is 12.1. The molecule has 14 heteroatoms. The molecule has 43 heavy (non-hydrogen) atoms. The van der Waals surface area contributed by atoms with Gasteiger partial charge in [0.2, 0.25) is 11.8 Å². The number of hydroxylamine groups is 2. The first-order valence-corrected chi connectivity index (χ1v) is 14.2. The first kappa shape index (κ1) is 30.9. The number of phenols is 1. The number of halogens is 1. The lowest BCUT2D eigenvalue weighted by Gasteiger charge is -2.52. The molecule has 0 aromatic heterocycles. The first-order chi connectivity index (χ1) is 20.2. The number of rotatable bonds is 7. The number of nitrogens with one attached hydrogen (secondary N) is 1. The van der Waals surface area contributed by atoms with Gasteiger partial charge < -0.3 is 26.1 Å². The highest BCUT2D eigenvalue weighted by Gasteiger charge is 2.69. The number of benzene rings is 1. The van der Waals surface area contributed by atoms with Crippen LogP contribution in [0.5, 0.6) is 5.75 Å². The number of amides is 2. The summed E-state index contributed by atoms with van der Waals surface area (Å²) >= 11 is 0. The van der Waals surface area contributed by atoms with Gasteiger partial charge in [-0.1, -0.05) is 12.8 Å². The molecule has 2 amide bonds. The number of ketones is 4. The van der Waals surface area contributed by atoms with Crippen molar-refractivity contribution in [3.05, 3.63) is 23.0 Å². The average Bonchev–Trinajstić information content (AvgIpc) is 3.46. The number of aromatic hydroxyl groups is 1. The van der Waals surface area contributed by atoms with Gasteiger partial charge in [0.25, 0.3) is 0 Å². The number of nitrogens with zero attached hydrogens (tertiary/aromatic N) is 2. The summed E-state index contributed by atoms with van der Waals surface area (Å²) in [5, 5.41) is 26.6. The van der Waals surface area contributed by atoms with Crippen LogP contribution in [-0.2, 0) is 35.2 Å². The number of nitrogens with two attached hydrogens (primary N) is 1. The van der Waals surface area contributed by atoms with Gasteiger partial charge in [-0.15, -0.1) is 0 Å². The quantitative estimate of drug-likeness (QED) is 0.182. The molecule has 5 rings (SSSR count). The van der Waals surface area contributed by atoms with Gasteiger partial charge in [-0.05, 0) is 45.7 Å². The van der Waals surface area contributed by atoms with Crippen molar-refractivity contribution in [1.29, 1.82) is 0 Å². The molecule has 3 saturated carbocycles. The van der Waals surface area contributed by atoms with E-state index in [4.69, 9.17) is 10.6 Å². The summed E-state index contributed by atoms with van der Waals surface area (Å²) < 4.78 is 15.5. The van der Waals surface area contributed by atoms with Crippen LogP contribution in [0.15, 0.2) is 6.07 Å². The Kier molecular flexibility index (Phi) is 8.01. The molecule has 2 unspecified atom stereocenters. The van der Waals surface area contributed by atoms with Crippen molar-refractivity contribution in [1.82, 2.24) is 9.96 Å². The number of aliphatic hydroxyl groups is 1. The second kappa shape index (κ2) is 11.2. The van der Waals surface area contributed by atoms with Crippen LogP contribution >= 0.6 is 0 Å². The van der Waals surface area contributed by atoms with Crippen molar-refractivity contribution in [2.24, 2.45) is 29.4 Å². The van der Waals surface area contributed by atoms with Crippen LogP contribution in [0.4, 0.5) is 10.1 Å². The molecule has 232 valence electrons. The highest BCUT2D eigenvalue weighted by molar-refractivity contribution is 6.32. The molecule has 0 aliphatic heterocycles. The van der Waals surface area contributed by atoms with E-state index in [1.807, 2.05) is 0 Å². The summed E-state index contributed by atoms with van der Waals surface area (Å²) in [6.45, 7) is -0.222. The maximum atomic E-state index is 15.5. The Morgan fingerprint density at radius 3 is 2.40 bits per heavy atom. The van der Waals surface area contributed by atoms with Gasteiger partial charge in [-0.25, -0.2) is 4.39 Å². The first-order valence-electron chi connectivity index (χ1n) is 14.2. The standard InChI is InChI=1S/C29H35FN4O9/c1-33(2)22-15-9-12-8-14-16(30)10-17(32-18(35)11-34(43-3)13-6-4-5-7-13)23(36)20(14)24(37)19(12)26(39)29(15,42)27(40)21(25(22)38)28(31)41/h10,12-13,15,19,21-22,36,42H,4-9,11H2,1-3H3,(H2,31,41)(H,32,35)/t12-,15-,19?,21?,22-,29-/m0/s1. The Hall–Kier alpha value is -3.59. The van der Waals surface area contributed by atoms with Crippen molar-refractivity contribution in [3.8, 4) is 5.75 Å². The normalized spacial score (nSPS) is 30.8. The summed E-state index contributed by atoms with van der Waals surface area (Å²) in [6, 6.07) is -0.344. The molecule has 4 aliphatic rings. The number of hydrogen-bond acceptors (Lipinski definition) is 11. The van der Waals surface area contributed by atoms with Gasteiger partial charge in [0, 0.05) is 23.6 Å². The molecule has 0 radical (unpaired) electrons. The lowest BCUT2D eigenvalue weighted by Crippen LogP contribution is -2.74. The van der Waals surface area contributed by atoms with Crippen LogP contribution < -0.4 is 11.1 Å². The highest BCUT2D eigenvalue weighted by atomic mass is 19.1. The van der Waals surface area contributed by atoms with Crippen LogP contribution in [0, 0.1) is 29.5 Å². The Balaban J connectivity index is 1.48. The minimum atomic E-state index is -2.89. The number of likely N-dealkylation sites (N-methyl/N-ethyl adjacent to an activating group) is 1. The number of carbonyl (C=O) groups excluding carboxylic acids is 6. The molecule has 1 aromatic carbocycles. The van der Waals surface area contributed by atoms with Gasteiger partial charge in [-0.2, -0.15) is 5.06 Å². The zero-order chi connectivity index (χ0) is 31.5. The van der Waals surface area contributed by atoms with Crippen molar-refractivity contribution in [3.63, 3.8) is 0 Å². The predicted octanol–water partition coefficient (Wildman–Crippen LogP) is -0.249. The van der Waals surface area contributed by atoms with E-state index in [1.54, 1.807) is 0 Å². The minimum Gasteiger partial charge on any atom is -0.505 e. The van der Waals surface area contributed by atoms with E-state index in [1.165, 1.54) is 31.2 Å². The molecule has 13 nitrogen and oxygen atoms in total. The maximum absolute atomic E-state index is 15.5. The van der Waals surface area contributed by atoms with Crippen molar-refractivity contribution in [2.75, 3.05) is 33.1 Å². The largest absolute Gasteiger partial charge is 0.505 e. The number of phenolic OH excluding ortho intramolecular Hbond substituents is 1. The van der Waals surface area contributed by atoms with Gasteiger partial charge >= 0.3 is 0 Å². The molecular weight excluding hydrogens is 567 g/mol. The van der Waals surface area contributed by atoms with E-state index < -0.39 is 93.1 Å². The fourth-order valence-electron chi connectivity index (χ4n) is 7.59. The third-order valence-corrected chi connectivity index (χ3v) is 9.55. The molecule has 0 spiro atoms. The second-order valence-corrected chi connectivity index (χ2v) is 12.1. The van der Waals surface area contributed by atoms with Crippen molar-refractivity contribution < 1.29 is 48.2 Å². The fourth-order valence-corrected chi connectivity index (χ4v) is 7.59. The van der Waals surface area contributed by atoms with E-state index in [9.17, 15) is 39.0 Å². The number of anilines is 1. The number of Topliss-reactive ketones (excluding diaryl/α,β-unsaturated/α-hetero) is 4. The van der Waals surface area contributed by atoms with E-state index >= 15 is 4.39 Å². The van der Waals surface area contributed by atoms with Crippen molar-refractivity contribution >= 4 is 40.6 Å². The molecule has 0 bridgehead atoms. The molecule has 3 fully saturated rings. The minimum absolute atomic E-state index is 0.0223. The van der Waals surface area contributed by atoms with Crippen LogP contribution in [-0.4, -0.2) is 101 Å². The van der Waals surface area contributed by atoms with E-state index in [2.05, 4.69) is 5.32 Å². The van der Waals surface area contributed by atoms with Gasteiger partial charge in [0.15, 0.2) is 34.7 Å². The third kappa shape index (κ3) is 4.76. The summed E-state index contributed by atoms with van der Waals surface area (Å²) in [4.78, 5) is 85.8. The number of hydrogen-bond donors (Lipinski definition) is 4. The van der Waals surface area contributed by atoms with Crippen LogP contribution in [0.25, 0.3) is 0 Å². The van der Waals surface area contributed by atoms with E-state index in [-0.39, 0.29) is 31.0 Å². The third-order valence-electron chi connectivity index (χ3n) is 9.55. The summed E-state index contributed by atoms with van der Waals surface area (Å²) in [6.07, 6.45) is 3.23. The lowest BCUT2D eigenvalue weighted by atomic mass is 9.52. The Morgan fingerprint density at radius 2 is 1.81 bits per heavy atom. The number of carbonyl (C=O) groups is 6. The van der Waals surface area contributed by atoms with Crippen molar-refractivity contribution in [2.45, 2.75) is 56.2 Å². The fraction of sp³-hybridized carbons (Fsp3) is 0.586. The topological polar surface area (TPSA) is 197 Å². The zero-order valence-corrected chi connectivity index (χ0v) is 24.1. The molecular formula is C29H35FN4O9. The molecule has 6 atom stereocenters. The van der Waals surface area contributed by atoms with Gasteiger partial charge in [0.1, 0.15) is 18.1 Å². The molecule has 4 aliphatic carbocycles. The summed E-state index contributed by atoms with van der Waals surface area (Å²) in [5.74, 6) is -14.2. The Bertz CT molecular complexity index is 1420. The molecule has 0 saturated heterocycles. The highest BCUT2D eigenvalue weighted by Crippen LogP contribution is 2.51. The Morgan fingerprint density at radius 1 is 1.16 bits per heavy atom. The SMILES string of the molecule is CON(CC(=O)Nc1cc(F)c2c(c1O)C(=O)C1C(=O)[C@]3(O)C(=O)C(C(N)=O)C(=O)[C@@H](N(C)C)[C@@H]3C[C@@H]1C2)C1CCCC1. The summed E-state index contributed by atoms with van der Waals surface area (Å²) in [5.41, 5.74) is 1.31. The predicted molar refractivity (Wildman–Crippen MR) is 146 cm³/mol. The molecule has 1 aromatic rings. The lowest BCUT2D eigenvalue weighted by molar-refractivity contribution is -0.181. The molecule has 5 N–H and O–H groups in total. The maximum Gasteiger partial charge on any atom is 0.241 e. The molecule has 0 heterocycles.